The van der Waals surface area contributed by atoms with E-state index in [-0.39, 0.29) is 0 Å². The van der Waals surface area contributed by atoms with Gasteiger partial charge in [-0.05, 0) is 26.3 Å². The molecular weight excluding hydrogens is 136 g/mol. The van der Waals surface area contributed by atoms with Crippen LogP contribution in [0.1, 0.15) is 19.3 Å². The van der Waals surface area contributed by atoms with Crippen LogP contribution in [0.25, 0.3) is 4.85 Å². The molecular formula is C9H12N2. The second kappa shape index (κ2) is 2.35. The Labute approximate surface area is 67.3 Å². The molecule has 0 radical (unpaired) electrons. The van der Waals surface area contributed by atoms with E-state index in [9.17, 15) is 0 Å². The van der Waals surface area contributed by atoms with Gasteiger partial charge in [0.25, 0.3) is 0 Å². The van der Waals surface area contributed by atoms with Crippen LogP contribution >= 0.6 is 0 Å². The highest BCUT2D eigenvalue weighted by molar-refractivity contribution is 5.21. The van der Waals surface area contributed by atoms with Gasteiger partial charge < -0.3 is 0 Å². The van der Waals surface area contributed by atoms with E-state index in [1.165, 1.54) is 12.8 Å². The number of hydrogen-bond donors (Lipinski definition) is 0. The average Bonchev–Trinajstić information content (AvgIpc) is 2.26. The summed E-state index contributed by atoms with van der Waals surface area (Å²) in [6.45, 7) is 6.91. The van der Waals surface area contributed by atoms with Crippen LogP contribution in [-0.2, 0) is 0 Å². The molecule has 2 atom stereocenters. The van der Waals surface area contributed by atoms with E-state index in [1.54, 1.807) is 0 Å². The lowest BCUT2D eigenvalue weighted by Crippen LogP contribution is -2.34. The van der Waals surface area contributed by atoms with Crippen LogP contribution in [0.4, 0.5) is 0 Å². The van der Waals surface area contributed by atoms with E-state index in [1.807, 2.05) is 0 Å². The molecule has 0 amide bonds. The van der Waals surface area contributed by atoms with Crippen LogP contribution in [0, 0.1) is 6.57 Å². The fourth-order valence-electron chi connectivity index (χ4n) is 2.10. The molecule has 2 unspecified atom stereocenters. The Morgan fingerprint density at radius 2 is 2.45 bits per heavy atom. The molecule has 2 heterocycles. The normalized spacial score (nSPS) is 36.5. The van der Waals surface area contributed by atoms with Gasteiger partial charge in [-0.2, -0.15) is 0 Å². The Morgan fingerprint density at radius 1 is 1.64 bits per heavy atom. The van der Waals surface area contributed by atoms with Crippen molar-refractivity contribution < 1.29 is 0 Å². The Bertz CT molecular complexity index is 236. The lowest BCUT2D eigenvalue weighted by atomic mass is 10.1. The maximum atomic E-state index is 6.91. The first kappa shape index (κ1) is 6.87. The molecule has 11 heavy (non-hydrogen) atoms. The second-order valence-corrected chi connectivity index (χ2v) is 3.44. The minimum absolute atomic E-state index is 0.567. The third-order valence-electron chi connectivity index (χ3n) is 2.87. The predicted molar refractivity (Wildman–Crippen MR) is 43.9 cm³/mol. The Balaban J connectivity index is 2.25. The fourth-order valence-corrected chi connectivity index (χ4v) is 2.10. The van der Waals surface area contributed by atoms with E-state index >= 15 is 0 Å². The largest absolute Gasteiger partial charge is 0.299 e. The van der Waals surface area contributed by atoms with Crippen molar-refractivity contribution >= 4 is 0 Å². The lowest BCUT2D eigenvalue weighted by molar-refractivity contribution is 0.256. The third-order valence-corrected chi connectivity index (χ3v) is 2.87. The highest BCUT2D eigenvalue weighted by Crippen LogP contribution is 2.33. The molecule has 0 saturated carbocycles. The highest BCUT2D eigenvalue weighted by atomic mass is 15.2. The van der Waals surface area contributed by atoms with Gasteiger partial charge in [0, 0.05) is 12.1 Å². The average molecular weight is 148 g/mol. The molecule has 0 aliphatic carbocycles. The first-order valence-corrected chi connectivity index (χ1v) is 4.11. The van der Waals surface area contributed by atoms with Crippen molar-refractivity contribution in [1.82, 2.24) is 4.90 Å². The monoisotopic (exact) mass is 148 g/mol. The molecule has 0 aromatic carbocycles. The highest BCUT2D eigenvalue weighted by Gasteiger charge is 2.33. The number of fused-ring (bicyclic) bond motifs is 2. The zero-order valence-electron chi connectivity index (χ0n) is 6.75. The van der Waals surface area contributed by atoms with Gasteiger partial charge in [-0.1, -0.05) is 6.08 Å². The summed E-state index contributed by atoms with van der Waals surface area (Å²) in [7, 11) is 2.17. The van der Waals surface area contributed by atoms with E-state index in [0.29, 0.717) is 12.1 Å². The van der Waals surface area contributed by atoms with E-state index in [0.717, 1.165) is 12.1 Å². The Morgan fingerprint density at radius 3 is 3.09 bits per heavy atom. The van der Waals surface area contributed by atoms with Gasteiger partial charge >= 0.3 is 0 Å². The van der Waals surface area contributed by atoms with Crippen molar-refractivity contribution in [3.63, 3.8) is 0 Å². The molecule has 2 aliphatic rings. The summed E-state index contributed by atoms with van der Waals surface area (Å²) >= 11 is 0. The lowest BCUT2D eigenvalue weighted by Gasteiger charge is -2.28. The topological polar surface area (TPSA) is 7.60 Å². The molecule has 2 nitrogen and oxygen atoms in total. The van der Waals surface area contributed by atoms with E-state index < -0.39 is 0 Å². The van der Waals surface area contributed by atoms with Crippen molar-refractivity contribution in [3.05, 3.63) is 23.2 Å². The van der Waals surface area contributed by atoms with Crippen LogP contribution < -0.4 is 0 Å². The number of hydrogen-bond acceptors (Lipinski definition) is 1. The van der Waals surface area contributed by atoms with Crippen molar-refractivity contribution in [2.75, 3.05) is 7.05 Å². The molecule has 0 aromatic heterocycles. The van der Waals surface area contributed by atoms with Gasteiger partial charge in [0.1, 0.15) is 0 Å². The molecule has 58 valence electrons. The predicted octanol–water partition coefficient (Wildman–Crippen LogP) is 1.66. The zero-order chi connectivity index (χ0) is 7.84. The first-order valence-electron chi connectivity index (χ1n) is 4.11. The molecule has 1 saturated heterocycles. The number of nitrogens with zero attached hydrogens (tertiary/aromatic N) is 2. The van der Waals surface area contributed by atoms with Crippen LogP contribution in [0.2, 0.25) is 0 Å². The van der Waals surface area contributed by atoms with Crippen LogP contribution in [-0.4, -0.2) is 24.0 Å². The van der Waals surface area contributed by atoms with Gasteiger partial charge in [0.15, 0.2) is 5.70 Å². The molecule has 0 aromatic rings. The summed E-state index contributed by atoms with van der Waals surface area (Å²) in [5.41, 5.74) is 0.982. The maximum Gasteiger partial charge on any atom is 0.164 e. The summed E-state index contributed by atoms with van der Waals surface area (Å²) in [5.74, 6) is 0. The van der Waals surface area contributed by atoms with Crippen LogP contribution in [0.3, 0.4) is 0 Å². The van der Waals surface area contributed by atoms with Gasteiger partial charge in [-0.25, -0.2) is 4.85 Å². The molecule has 2 heteroatoms. The van der Waals surface area contributed by atoms with Gasteiger partial charge in [-0.15, -0.1) is 0 Å². The summed E-state index contributed by atoms with van der Waals surface area (Å²) in [6, 6.07) is 1.23. The smallest absolute Gasteiger partial charge is 0.164 e. The summed E-state index contributed by atoms with van der Waals surface area (Å²) < 4.78 is 0. The molecule has 0 spiro atoms. The Kier molecular flexibility index (Phi) is 1.47. The molecule has 2 bridgehead atoms. The van der Waals surface area contributed by atoms with Gasteiger partial charge in [0.2, 0.25) is 0 Å². The summed E-state index contributed by atoms with van der Waals surface area (Å²) in [6.07, 6.45) is 5.64. The van der Waals surface area contributed by atoms with Crippen molar-refractivity contribution in [1.29, 1.82) is 0 Å². The number of rotatable bonds is 0. The van der Waals surface area contributed by atoms with Crippen molar-refractivity contribution in [3.8, 4) is 0 Å². The van der Waals surface area contributed by atoms with Crippen molar-refractivity contribution in [2.45, 2.75) is 31.3 Å². The SMILES string of the molecule is [C-]#[N+]C1=CC2CCC(C1)N2C. The van der Waals surface area contributed by atoms with Crippen LogP contribution in [0.5, 0.6) is 0 Å². The molecule has 0 N–H and O–H groups in total. The van der Waals surface area contributed by atoms with E-state index in [4.69, 9.17) is 6.57 Å². The van der Waals surface area contributed by atoms with Crippen LogP contribution in [0.15, 0.2) is 11.8 Å². The maximum absolute atomic E-state index is 6.91. The zero-order valence-corrected chi connectivity index (χ0v) is 6.75. The third kappa shape index (κ3) is 0.965. The summed E-state index contributed by atoms with van der Waals surface area (Å²) in [4.78, 5) is 5.90. The second-order valence-electron chi connectivity index (χ2n) is 3.44. The van der Waals surface area contributed by atoms with E-state index in [2.05, 4.69) is 22.9 Å². The summed E-state index contributed by atoms with van der Waals surface area (Å²) in [5, 5.41) is 0. The minimum Gasteiger partial charge on any atom is -0.299 e. The molecule has 2 rings (SSSR count). The Hall–Kier alpha value is -0.810. The quantitative estimate of drug-likeness (QED) is 0.474. The van der Waals surface area contributed by atoms with Gasteiger partial charge in [-0.3, -0.25) is 4.90 Å². The van der Waals surface area contributed by atoms with Crippen molar-refractivity contribution in [2.24, 2.45) is 0 Å². The molecule has 2 aliphatic heterocycles. The standard InChI is InChI=1S/C9H12N2/c1-10-7-5-8-3-4-9(6-7)11(8)2/h5,8-9H,3-4,6H2,2H3. The first-order chi connectivity index (χ1) is 5.31. The number of likely N-dealkylation sites (N-methyl/N-ethyl adjacent to an activating group) is 1. The fraction of sp³-hybridized carbons (Fsp3) is 0.667. The van der Waals surface area contributed by atoms with Gasteiger partial charge in [0.05, 0.1) is 6.57 Å². The molecule has 1 fully saturated rings. The minimum atomic E-state index is 0.567.